The lowest BCUT2D eigenvalue weighted by atomic mass is 10.1. The standard InChI is InChI=1S/C15H21NO8/c17-10(11-8-21-14(19)23-11)6-4-2-1-3-5-7-16-13(18)12-9-22-15(20)24-12/h11-12H,1-9H2,(H,16,18). The van der Waals surface area contributed by atoms with Crippen LogP contribution in [0.1, 0.15) is 38.5 Å². The van der Waals surface area contributed by atoms with Gasteiger partial charge in [-0.2, -0.15) is 0 Å². The molecular weight excluding hydrogens is 322 g/mol. The molecule has 2 unspecified atom stereocenters. The van der Waals surface area contributed by atoms with Crippen molar-refractivity contribution in [3.8, 4) is 0 Å². The molecule has 1 amide bonds. The number of ketones is 1. The van der Waals surface area contributed by atoms with Gasteiger partial charge < -0.3 is 24.3 Å². The van der Waals surface area contributed by atoms with Crippen molar-refractivity contribution in [1.82, 2.24) is 5.32 Å². The van der Waals surface area contributed by atoms with E-state index in [2.05, 4.69) is 19.5 Å². The molecular formula is C15H21NO8. The van der Waals surface area contributed by atoms with Crippen molar-refractivity contribution in [2.75, 3.05) is 19.8 Å². The molecule has 9 nitrogen and oxygen atoms in total. The smallest absolute Gasteiger partial charge is 0.430 e. The zero-order chi connectivity index (χ0) is 17.4. The van der Waals surface area contributed by atoms with Crippen LogP contribution in [0.25, 0.3) is 0 Å². The van der Waals surface area contributed by atoms with Crippen LogP contribution in [0.15, 0.2) is 0 Å². The van der Waals surface area contributed by atoms with Crippen molar-refractivity contribution in [3.05, 3.63) is 0 Å². The van der Waals surface area contributed by atoms with Crippen LogP contribution in [-0.2, 0) is 28.5 Å². The molecule has 0 saturated carbocycles. The monoisotopic (exact) mass is 343 g/mol. The minimum Gasteiger partial charge on any atom is -0.430 e. The fourth-order valence-electron chi connectivity index (χ4n) is 2.38. The summed E-state index contributed by atoms with van der Waals surface area (Å²) in [6, 6.07) is 0. The average molecular weight is 343 g/mol. The lowest BCUT2D eigenvalue weighted by Gasteiger charge is -2.08. The van der Waals surface area contributed by atoms with E-state index in [4.69, 9.17) is 4.74 Å². The van der Waals surface area contributed by atoms with Crippen molar-refractivity contribution in [2.45, 2.75) is 50.7 Å². The molecule has 2 fully saturated rings. The quantitative estimate of drug-likeness (QED) is 0.462. The van der Waals surface area contributed by atoms with Crippen LogP contribution in [0.4, 0.5) is 9.59 Å². The first-order valence-corrected chi connectivity index (χ1v) is 8.03. The Morgan fingerprint density at radius 1 is 0.875 bits per heavy atom. The van der Waals surface area contributed by atoms with Gasteiger partial charge in [0.1, 0.15) is 13.2 Å². The van der Waals surface area contributed by atoms with E-state index in [1.807, 2.05) is 0 Å². The van der Waals surface area contributed by atoms with Crippen LogP contribution in [-0.4, -0.2) is 56.0 Å². The summed E-state index contributed by atoms with van der Waals surface area (Å²) in [6.07, 6.45) is 1.43. The average Bonchev–Trinajstić information content (AvgIpc) is 3.18. The van der Waals surface area contributed by atoms with E-state index >= 15 is 0 Å². The largest absolute Gasteiger partial charge is 0.509 e. The van der Waals surface area contributed by atoms with E-state index in [9.17, 15) is 19.2 Å². The number of rotatable bonds is 10. The first-order chi connectivity index (χ1) is 11.6. The van der Waals surface area contributed by atoms with Gasteiger partial charge in [0, 0.05) is 13.0 Å². The second kappa shape index (κ2) is 9.09. The molecule has 0 radical (unpaired) electrons. The Balaban J connectivity index is 1.41. The number of amides is 1. The fraction of sp³-hybridized carbons (Fsp3) is 0.733. The normalized spacial score (nSPS) is 22.3. The van der Waals surface area contributed by atoms with Gasteiger partial charge in [-0.25, -0.2) is 9.59 Å². The van der Waals surface area contributed by atoms with Crippen LogP contribution in [0.5, 0.6) is 0 Å². The molecule has 9 heteroatoms. The van der Waals surface area contributed by atoms with E-state index in [-0.39, 0.29) is 24.9 Å². The number of carbonyl (C=O) groups is 4. The molecule has 2 heterocycles. The van der Waals surface area contributed by atoms with Gasteiger partial charge in [0.2, 0.25) is 6.10 Å². The Labute approximate surface area is 138 Å². The number of ether oxygens (including phenoxy) is 4. The second-order valence-corrected chi connectivity index (χ2v) is 5.61. The molecule has 2 saturated heterocycles. The Morgan fingerprint density at radius 2 is 1.46 bits per heavy atom. The number of hydrogen-bond acceptors (Lipinski definition) is 8. The zero-order valence-corrected chi connectivity index (χ0v) is 13.3. The molecule has 2 aliphatic heterocycles. The summed E-state index contributed by atoms with van der Waals surface area (Å²) >= 11 is 0. The summed E-state index contributed by atoms with van der Waals surface area (Å²) in [7, 11) is 0. The third-order valence-electron chi connectivity index (χ3n) is 3.73. The summed E-state index contributed by atoms with van der Waals surface area (Å²) < 4.78 is 18.5. The highest BCUT2D eigenvalue weighted by Gasteiger charge is 2.31. The van der Waals surface area contributed by atoms with Crippen LogP contribution in [0.2, 0.25) is 0 Å². The lowest BCUT2D eigenvalue weighted by Crippen LogP contribution is -2.36. The van der Waals surface area contributed by atoms with Gasteiger partial charge in [-0.05, 0) is 12.8 Å². The van der Waals surface area contributed by atoms with Crippen molar-refractivity contribution in [2.24, 2.45) is 0 Å². The lowest BCUT2D eigenvalue weighted by molar-refractivity contribution is -0.128. The number of Topliss-reactive ketones (excluding diaryl/α,β-unsaturated/α-hetero) is 1. The maximum atomic E-state index is 11.7. The highest BCUT2D eigenvalue weighted by atomic mass is 16.8. The predicted octanol–water partition coefficient (Wildman–Crippen LogP) is 1.08. The van der Waals surface area contributed by atoms with E-state index in [1.165, 1.54) is 0 Å². The molecule has 0 aromatic heterocycles. The van der Waals surface area contributed by atoms with Crippen molar-refractivity contribution in [1.29, 1.82) is 0 Å². The maximum absolute atomic E-state index is 11.7. The van der Waals surface area contributed by atoms with E-state index < -0.39 is 24.5 Å². The third-order valence-corrected chi connectivity index (χ3v) is 3.73. The Bertz CT molecular complexity index is 448. The molecule has 0 aromatic carbocycles. The van der Waals surface area contributed by atoms with Crippen LogP contribution in [0.3, 0.4) is 0 Å². The van der Waals surface area contributed by atoms with Gasteiger partial charge in [0.05, 0.1) is 0 Å². The topological polar surface area (TPSA) is 117 Å². The van der Waals surface area contributed by atoms with Gasteiger partial charge >= 0.3 is 12.3 Å². The molecule has 1 N–H and O–H groups in total. The van der Waals surface area contributed by atoms with E-state index in [0.717, 1.165) is 32.1 Å². The number of unbranched alkanes of at least 4 members (excludes halogenated alkanes) is 4. The Morgan fingerprint density at radius 3 is 2.08 bits per heavy atom. The minimum absolute atomic E-state index is 0.0126. The summed E-state index contributed by atoms with van der Waals surface area (Å²) in [6.45, 7) is 0.472. The molecule has 0 aromatic rings. The fourth-order valence-corrected chi connectivity index (χ4v) is 2.38. The molecule has 134 valence electrons. The van der Waals surface area contributed by atoms with Crippen LogP contribution in [0, 0.1) is 0 Å². The number of hydrogen-bond donors (Lipinski definition) is 1. The van der Waals surface area contributed by atoms with Gasteiger partial charge in [-0.3, -0.25) is 9.59 Å². The Hall–Kier alpha value is -2.32. The van der Waals surface area contributed by atoms with Gasteiger partial charge in [-0.1, -0.05) is 19.3 Å². The molecule has 2 atom stereocenters. The number of nitrogens with one attached hydrogen (secondary N) is 1. The Kier molecular flexibility index (Phi) is 6.83. The number of carbonyl (C=O) groups excluding carboxylic acids is 4. The summed E-state index contributed by atoms with van der Waals surface area (Å²) in [4.78, 5) is 44.7. The highest BCUT2D eigenvalue weighted by molar-refractivity contribution is 5.86. The molecule has 0 aliphatic carbocycles. The van der Waals surface area contributed by atoms with Crippen molar-refractivity contribution in [3.63, 3.8) is 0 Å². The van der Waals surface area contributed by atoms with Crippen molar-refractivity contribution < 1.29 is 38.1 Å². The molecule has 24 heavy (non-hydrogen) atoms. The first-order valence-electron chi connectivity index (χ1n) is 8.03. The third kappa shape index (κ3) is 5.71. The zero-order valence-electron chi connectivity index (χ0n) is 13.3. The second-order valence-electron chi connectivity index (χ2n) is 5.61. The summed E-state index contributed by atoms with van der Waals surface area (Å²) in [5.41, 5.74) is 0. The van der Waals surface area contributed by atoms with Gasteiger partial charge in [0.25, 0.3) is 5.91 Å². The predicted molar refractivity (Wildman–Crippen MR) is 78.2 cm³/mol. The number of cyclic esters (lactones) is 4. The first kappa shape index (κ1) is 18.0. The van der Waals surface area contributed by atoms with E-state index in [1.54, 1.807) is 0 Å². The molecule has 0 bridgehead atoms. The van der Waals surface area contributed by atoms with E-state index in [0.29, 0.717) is 13.0 Å². The molecule has 2 aliphatic rings. The summed E-state index contributed by atoms with van der Waals surface area (Å²) in [5, 5.41) is 2.68. The van der Waals surface area contributed by atoms with Gasteiger partial charge in [-0.15, -0.1) is 0 Å². The summed E-state index contributed by atoms with van der Waals surface area (Å²) in [5.74, 6) is -0.457. The van der Waals surface area contributed by atoms with Crippen LogP contribution >= 0.6 is 0 Å². The van der Waals surface area contributed by atoms with Crippen LogP contribution < -0.4 is 5.32 Å². The van der Waals surface area contributed by atoms with Crippen molar-refractivity contribution >= 4 is 24.0 Å². The minimum atomic E-state index is -0.850. The molecule has 0 spiro atoms. The van der Waals surface area contributed by atoms with Gasteiger partial charge in [0.15, 0.2) is 11.9 Å². The SMILES string of the molecule is O=C1OCC(C(=O)CCCCCCCNC(=O)C2COC(=O)O2)O1. The maximum Gasteiger partial charge on any atom is 0.509 e. The highest BCUT2D eigenvalue weighted by Crippen LogP contribution is 2.12. The molecule has 2 rings (SSSR count).